The van der Waals surface area contributed by atoms with E-state index in [9.17, 15) is 13.2 Å². The summed E-state index contributed by atoms with van der Waals surface area (Å²) in [7, 11) is 0. The average Bonchev–Trinajstić information content (AvgIpc) is 2.80. The number of rotatable bonds is 2. The third-order valence-corrected chi connectivity index (χ3v) is 2.47. The SMILES string of the molecule is C=C(c1cccc(C2OCCO2)c1)C(F)(F)F. The molecule has 2 nitrogen and oxygen atoms in total. The van der Waals surface area contributed by atoms with Gasteiger partial charge in [0.05, 0.1) is 18.8 Å². The highest BCUT2D eigenvalue weighted by molar-refractivity contribution is 5.67. The highest BCUT2D eigenvalue weighted by atomic mass is 19.4. The minimum atomic E-state index is -4.42. The molecule has 1 heterocycles. The van der Waals surface area contributed by atoms with E-state index in [0.717, 1.165) is 0 Å². The van der Waals surface area contributed by atoms with Crippen LogP contribution in [0.4, 0.5) is 13.2 Å². The van der Waals surface area contributed by atoms with Crippen molar-refractivity contribution in [1.29, 1.82) is 0 Å². The van der Waals surface area contributed by atoms with E-state index in [-0.39, 0.29) is 5.56 Å². The second kappa shape index (κ2) is 4.50. The molecule has 0 N–H and O–H groups in total. The molecule has 0 amide bonds. The second-order valence-electron chi connectivity index (χ2n) is 3.68. The lowest BCUT2D eigenvalue weighted by Gasteiger charge is -2.13. The summed E-state index contributed by atoms with van der Waals surface area (Å²) in [5.74, 6) is 0. The third kappa shape index (κ3) is 2.68. The standard InChI is InChI=1S/C12H11F3O2/c1-8(12(13,14)15)9-3-2-4-10(7-9)11-16-5-6-17-11/h2-4,7,11H,1,5-6H2. The van der Waals surface area contributed by atoms with Crippen molar-refractivity contribution in [3.8, 4) is 0 Å². The van der Waals surface area contributed by atoms with Gasteiger partial charge < -0.3 is 9.47 Å². The summed E-state index contributed by atoms with van der Waals surface area (Å²) in [4.78, 5) is 0. The van der Waals surface area contributed by atoms with Crippen LogP contribution in [0.25, 0.3) is 5.57 Å². The summed E-state index contributed by atoms with van der Waals surface area (Å²) in [6, 6.07) is 5.97. The minimum absolute atomic E-state index is 0.0362. The van der Waals surface area contributed by atoms with Gasteiger partial charge in [0.25, 0.3) is 0 Å². The summed E-state index contributed by atoms with van der Waals surface area (Å²) in [5, 5.41) is 0. The van der Waals surface area contributed by atoms with Gasteiger partial charge in [0.2, 0.25) is 0 Å². The zero-order valence-electron chi connectivity index (χ0n) is 8.96. The van der Waals surface area contributed by atoms with Crippen LogP contribution in [0.2, 0.25) is 0 Å². The Morgan fingerprint density at radius 2 is 1.88 bits per heavy atom. The van der Waals surface area contributed by atoms with Crippen LogP contribution in [0.5, 0.6) is 0 Å². The summed E-state index contributed by atoms with van der Waals surface area (Å²) in [6.07, 6.45) is -4.99. The zero-order valence-corrected chi connectivity index (χ0v) is 8.96. The lowest BCUT2D eigenvalue weighted by molar-refractivity contribution is -0.0688. The smallest absolute Gasteiger partial charge is 0.346 e. The molecule has 1 saturated heterocycles. The Balaban J connectivity index is 2.25. The Morgan fingerprint density at radius 3 is 2.47 bits per heavy atom. The molecular formula is C12H11F3O2. The van der Waals surface area contributed by atoms with Crippen LogP contribution in [0.15, 0.2) is 30.8 Å². The van der Waals surface area contributed by atoms with Crippen molar-refractivity contribution < 1.29 is 22.6 Å². The molecular weight excluding hydrogens is 233 g/mol. The molecule has 0 aromatic heterocycles. The van der Waals surface area contributed by atoms with E-state index in [1.165, 1.54) is 18.2 Å². The first kappa shape index (κ1) is 12.1. The molecule has 5 heteroatoms. The fourth-order valence-corrected chi connectivity index (χ4v) is 1.59. The van der Waals surface area contributed by atoms with E-state index in [2.05, 4.69) is 6.58 Å². The van der Waals surface area contributed by atoms with E-state index in [1.807, 2.05) is 0 Å². The van der Waals surface area contributed by atoms with Gasteiger partial charge >= 0.3 is 6.18 Å². The molecule has 17 heavy (non-hydrogen) atoms. The molecule has 92 valence electrons. The number of hydrogen-bond acceptors (Lipinski definition) is 2. The first-order valence-electron chi connectivity index (χ1n) is 5.08. The van der Waals surface area contributed by atoms with Crippen molar-refractivity contribution in [2.24, 2.45) is 0 Å². The first-order chi connectivity index (χ1) is 7.98. The Morgan fingerprint density at radius 1 is 1.24 bits per heavy atom. The second-order valence-corrected chi connectivity index (χ2v) is 3.68. The Bertz CT molecular complexity index is 420. The van der Waals surface area contributed by atoms with Crippen LogP contribution >= 0.6 is 0 Å². The Labute approximate surface area is 96.6 Å². The van der Waals surface area contributed by atoms with Gasteiger partial charge in [-0.1, -0.05) is 24.8 Å². The zero-order chi connectivity index (χ0) is 12.5. The molecule has 0 spiro atoms. The molecule has 0 aliphatic carbocycles. The quantitative estimate of drug-likeness (QED) is 0.794. The normalized spacial score (nSPS) is 17.4. The molecule has 0 atom stereocenters. The average molecular weight is 244 g/mol. The van der Waals surface area contributed by atoms with Gasteiger partial charge in [0.15, 0.2) is 6.29 Å². The van der Waals surface area contributed by atoms with Crippen molar-refractivity contribution in [2.75, 3.05) is 13.2 Å². The molecule has 0 saturated carbocycles. The molecule has 1 aliphatic heterocycles. The van der Waals surface area contributed by atoms with Crippen LogP contribution < -0.4 is 0 Å². The van der Waals surface area contributed by atoms with Crippen molar-refractivity contribution in [1.82, 2.24) is 0 Å². The maximum atomic E-state index is 12.5. The maximum Gasteiger partial charge on any atom is 0.416 e. The number of ether oxygens (including phenoxy) is 2. The van der Waals surface area contributed by atoms with Gasteiger partial charge in [-0.15, -0.1) is 0 Å². The molecule has 1 fully saturated rings. The van der Waals surface area contributed by atoms with Gasteiger partial charge in [-0.3, -0.25) is 0 Å². The Hall–Kier alpha value is -1.33. The van der Waals surface area contributed by atoms with E-state index in [0.29, 0.717) is 18.8 Å². The van der Waals surface area contributed by atoms with Crippen LogP contribution in [0, 0.1) is 0 Å². The summed E-state index contributed by atoms with van der Waals surface area (Å²) in [6.45, 7) is 3.96. The predicted octanol–water partition coefficient (Wildman–Crippen LogP) is 3.31. The molecule has 0 bridgehead atoms. The number of hydrogen-bond donors (Lipinski definition) is 0. The summed E-state index contributed by atoms with van der Waals surface area (Å²) in [5.41, 5.74) is -0.253. The topological polar surface area (TPSA) is 18.5 Å². The third-order valence-electron chi connectivity index (χ3n) is 2.47. The van der Waals surface area contributed by atoms with Crippen molar-refractivity contribution >= 4 is 5.57 Å². The molecule has 1 aliphatic rings. The minimum Gasteiger partial charge on any atom is -0.346 e. The fourth-order valence-electron chi connectivity index (χ4n) is 1.59. The van der Waals surface area contributed by atoms with Gasteiger partial charge in [-0.25, -0.2) is 0 Å². The highest BCUT2D eigenvalue weighted by Crippen LogP contribution is 2.34. The molecule has 1 aromatic carbocycles. The van der Waals surface area contributed by atoms with Gasteiger partial charge in [0, 0.05) is 5.56 Å². The van der Waals surface area contributed by atoms with E-state index in [1.54, 1.807) is 6.07 Å². The number of allylic oxidation sites excluding steroid dienone is 1. The van der Waals surface area contributed by atoms with Gasteiger partial charge in [-0.05, 0) is 11.6 Å². The largest absolute Gasteiger partial charge is 0.416 e. The van der Waals surface area contributed by atoms with E-state index < -0.39 is 18.0 Å². The van der Waals surface area contributed by atoms with Gasteiger partial charge in [-0.2, -0.15) is 13.2 Å². The summed E-state index contributed by atoms with van der Waals surface area (Å²) >= 11 is 0. The molecule has 2 rings (SSSR count). The molecule has 0 radical (unpaired) electrons. The van der Waals surface area contributed by atoms with E-state index in [4.69, 9.17) is 9.47 Å². The number of halogens is 3. The van der Waals surface area contributed by atoms with Gasteiger partial charge in [0.1, 0.15) is 0 Å². The van der Waals surface area contributed by atoms with Crippen LogP contribution in [-0.2, 0) is 9.47 Å². The summed E-state index contributed by atoms with van der Waals surface area (Å²) < 4.78 is 47.9. The number of alkyl halides is 3. The first-order valence-corrected chi connectivity index (χ1v) is 5.08. The van der Waals surface area contributed by atoms with E-state index >= 15 is 0 Å². The van der Waals surface area contributed by atoms with Crippen LogP contribution in [0.1, 0.15) is 17.4 Å². The monoisotopic (exact) mass is 244 g/mol. The van der Waals surface area contributed by atoms with Crippen molar-refractivity contribution in [3.05, 3.63) is 42.0 Å². The molecule has 0 unspecified atom stereocenters. The van der Waals surface area contributed by atoms with Crippen LogP contribution in [-0.4, -0.2) is 19.4 Å². The lowest BCUT2D eigenvalue weighted by Crippen LogP contribution is -2.10. The fraction of sp³-hybridized carbons (Fsp3) is 0.333. The predicted molar refractivity (Wildman–Crippen MR) is 56.2 cm³/mol. The van der Waals surface area contributed by atoms with Crippen molar-refractivity contribution in [3.63, 3.8) is 0 Å². The highest BCUT2D eigenvalue weighted by Gasteiger charge is 2.33. The van der Waals surface area contributed by atoms with Crippen LogP contribution in [0.3, 0.4) is 0 Å². The molecule has 1 aromatic rings. The van der Waals surface area contributed by atoms with Crippen molar-refractivity contribution in [2.45, 2.75) is 12.5 Å². The Kier molecular flexibility index (Phi) is 3.22. The maximum absolute atomic E-state index is 12.5. The lowest BCUT2D eigenvalue weighted by atomic mass is 10.0. The number of benzene rings is 1.